The van der Waals surface area contributed by atoms with Crippen LogP contribution in [0.25, 0.3) is 0 Å². The monoisotopic (exact) mass is 365 g/mol. The molecule has 0 aromatic carbocycles. The van der Waals surface area contributed by atoms with E-state index in [1.54, 1.807) is 0 Å². The summed E-state index contributed by atoms with van der Waals surface area (Å²) in [6, 6.07) is -0.553. The molecule has 0 aromatic rings. The minimum Gasteiger partial charge on any atom is -0.467 e. The molecule has 1 saturated heterocycles. The molecule has 2 amide bonds. The van der Waals surface area contributed by atoms with Gasteiger partial charge in [-0.05, 0) is 32.1 Å². The number of nitrogens with zero attached hydrogens (tertiary/aromatic N) is 1. The van der Waals surface area contributed by atoms with Gasteiger partial charge in [-0.15, -0.1) is 0 Å². The Kier molecular flexibility index (Phi) is 7.20. The van der Waals surface area contributed by atoms with E-state index in [0.29, 0.717) is 19.4 Å². The van der Waals surface area contributed by atoms with Gasteiger partial charge in [0, 0.05) is 12.5 Å². The second-order valence-corrected chi connectivity index (χ2v) is 7.14. The van der Waals surface area contributed by atoms with Gasteiger partial charge in [-0.2, -0.15) is 0 Å². The lowest BCUT2D eigenvalue weighted by molar-refractivity contribution is -0.148. The van der Waals surface area contributed by atoms with Crippen molar-refractivity contribution in [3.8, 4) is 0 Å². The van der Waals surface area contributed by atoms with E-state index >= 15 is 0 Å². The predicted molar refractivity (Wildman–Crippen MR) is 98.1 cm³/mol. The third-order valence-electron chi connectivity index (χ3n) is 5.30. The van der Waals surface area contributed by atoms with Gasteiger partial charge in [0.1, 0.15) is 11.6 Å². The molecule has 0 unspecified atom stereocenters. The zero-order chi connectivity index (χ0) is 19.2. The normalized spacial score (nSPS) is 27.6. The first-order chi connectivity index (χ1) is 12.5. The van der Waals surface area contributed by atoms with Crippen molar-refractivity contribution in [3.05, 3.63) is 12.2 Å². The molecule has 7 nitrogen and oxygen atoms in total. The van der Waals surface area contributed by atoms with Gasteiger partial charge in [0.05, 0.1) is 13.7 Å². The van der Waals surface area contributed by atoms with E-state index in [9.17, 15) is 14.4 Å². The Labute approximate surface area is 155 Å². The van der Waals surface area contributed by atoms with Crippen LogP contribution in [0.15, 0.2) is 12.2 Å². The van der Waals surface area contributed by atoms with Crippen molar-refractivity contribution in [1.82, 2.24) is 10.2 Å². The fourth-order valence-corrected chi connectivity index (χ4v) is 3.66. The predicted octanol–water partition coefficient (Wildman–Crippen LogP) is 1.12. The topological polar surface area (TPSA) is 102 Å². The molecule has 7 heteroatoms. The van der Waals surface area contributed by atoms with Crippen LogP contribution in [-0.2, 0) is 19.1 Å². The average Bonchev–Trinajstić information content (AvgIpc) is 3.11. The van der Waals surface area contributed by atoms with Gasteiger partial charge in [-0.25, -0.2) is 4.79 Å². The molecule has 1 saturated carbocycles. The van der Waals surface area contributed by atoms with E-state index in [1.165, 1.54) is 24.9 Å². The fraction of sp³-hybridized carbons (Fsp3) is 0.737. The first-order valence-corrected chi connectivity index (χ1v) is 9.56. The Morgan fingerprint density at radius 2 is 2.12 bits per heavy atom. The van der Waals surface area contributed by atoms with Gasteiger partial charge in [0.2, 0.25) is 11.8 Å². The van der Waals surface area contributed by atoms with Gasteiger partial charge in [0.15, 0.2) is 0 Å². The standard InChI is InChI=1S/C19H31N3O4/c1-3-4-5-6-7-9-14-12-19(14,18(25)26-2)21-17(24)15-10-8-11-22(15)16(23)13-20/h7,9,14-15H,3-6,8,10-13,20H2,1-2H3,(H,21,24)/b9-7-/t14-,15+,19-/m1/s1. The second kappa shape index (κ2) is 9.16. The van der Waals surface area contributed by atoms with Gasteiger partial charge in [0.25, 0.3) is 0 Å². The lowest BCUT2D eigenvalue weighted by atomic mass is 10.1. The molecule has 0 aromatic heterocycles. The fourth-order valence-electron chi connectivity index (χ4n) is 3.66. The van der Waals surface area contributed by atoms with E-state index in [4.69, 9.17) is 10.5 Å². The Balaban J connectivity index is 1.99. The largest absolute Gasteiger partial charge is 0.467 e. The van der Waals surface area contributed by atoms with Gasteiger partial charge < -0.3 is 20.7 Å². The number of methoxy groups -OCH3 is 1. The molecule has 2 aliphatic rings. The molecule has 1 aliphatic heterocycles. The first kappa shape index (κ1) is 20.4. The van der Waals surface area contributed by atoms with Crippen LogP contribution in [0, 0.1) is 5.92 Å². The van der Waals surface area contributed by atoms with Crippen molar-refractivity contribution in [2.75, 3.05) is 20.2 Å². The molecule has 3 atom stereocenters. The number of amides is 2. The smallest absolute Gasteiger partial charge is 0.332 e. The highest BCUT2D eigenvalue weighted by Crippen LogP contribution is 2.46. The summed E-state index contributed by atoms with van der Waals surface area (Å²) in [4.78, 5) is 38.4. The maximum Gasteiger partial charge on any atom is 0.332 e. The Bertz CT molecular complexity index is 563. The Hall–Kier alpha value is -1.89. The van der Waals surface area contributed by atoms with Crippen LogP contribution in [-0.4, -0.2) is 54.5 Å². The number of rotatable bonds is 9. The van der Waals surface area contributed by atoms with Gasteiger partial charge in [-0.3, -0.25) is 9.59 Å². The van der Waals surface area contributed by atoms with E-state index in [1.807, 2.05) is 6.08 Å². The van der Waals surface area contributed by atoms with E-state index in [2.05, 4.69) is 18.3 Å². The number of hydrogen-bond donors (Lipinski definition) is 2. The van der Waals surface area contributed by atoms with Crippen molar-refractivity contribution >= 4 is 17.8 Å². The molecule has 2 fully saturated rings. The molecule has 146 valence electrons. The number of likely N-dealkylation sites (tertiary alicyclic amines) is 1. The van der Waals surface area contributed by atoms with Crippen LogP contribution in [0.1, 0.15) is 51.9 Å². The molecular weight excluding hydrogens is 334 g/mol. The van der Waals surface area contributed by atoms with Crippen molar-refractivity contribution in [2.45, 2.75) is 63.5 Å². The first-order valence-electron chi connectivity index (χ1n) is 9.56. The average molecular weight is 365 g/mol. The summed E-state index contributed by atoms with van der Waals surface area (Å²) in [5.74, 6) is -1.01. The van der Waals surface area contributed by atoms with E-state index < -0.39 is 17.6 Å². The van der Waals surface area contributed by atoms with Crippen molar-refractivity contribution in [1.29, 1.82) is 0 Å². The summed E-state index contributed by atoms with van der Waals surface area (Å²) in [6.07, 6.45) is 10.4. The number of allylic oxidation sites excluding steroid dienone is 1. The summed E-state index contributed by atoms with van der Waals surface area (Å²) in [5.41, 5.74) is 4.44. The SMILES string of the molecule is CCCCC/C=C\[C@@H]1C[C@]1(NC(=O)[C@@H]1CCCN1C(=O)CN)C(=O)OC. The zero-order valence-electron chi connectivity index (χ0n) is 15.8. The maximum atomic E-state index is 12.7. The van der Waals surface area contributed by atoms with Gasteiger partial charge >= 0.3 is 5.97 Å². The molecule has 1 aliphatic carbocycles. The minimum absolute atomic E-state index is 0.0550. The van der Waals surface area contributed by atoms with Crippen molar-refractivity contribution in [3.63, 3.8) is 0 Å². The number of carbonyl (C=O) groups is 3. The molecule has 0 spiro atoms. The Morgan fingerprint density at radius 1 is 1.35 bits per heavy atom. The second-order valence-electron chi connectivity index (χ2n) is 7.14. The minimum atomic E-state index is -0.993. The van der Waals surface area contributed by atoms with Gasteiger partial charge in [-0.1, -0.05) is 31.9 Å². The Morgan fingerprint density at radius 3 is 2.77 bits per heavy atom. The molecule has 0 radical (unpaired) electrons. The zero-order valence-corrected chi connectivity index (χ0v) is 15.8. The maximum absolute atomic E-state index is 12.7. The van der Waals surface area contributed by atoms with E-state index in [0.717, 1.165) is 19.3 Å². The number of esters is 1. The van der Waals surface area contributed by atoms with E-state index in [-0.39, 0.29) is 24.3 Å². The van der Waals surface area contributed by atoms with Crippen molar-refractivity contribution in [2.24, 2.45) is 11.7 Å². The third-order valence-corrected chi connectivity index (χ3v) is 5.30. The number of hydrogen-bond acceptors (Lipinski definition) is 5. The molecule has 2 rings (SSSR count). The van der Waals surface area contributed by atoms with Crippen LogP contribution in [0.4, 0.5) is 0 Å². The highest BCUT2D eigenvalue weighted by molar-refractivity contribution is 5.95. The number of nitrogens with one attached hydrogen (secondary N) is 1. The van der Waals surface area contributed by atoms with Crippen LogP contribution in [0.5, 0.6) is 0 Å². The van der Waals surface area contributed by atoms with Crippen LogP contribution >= 0.6 is 0 Å². The molecule has 3 N–H and O–H groups in total. The number of unbranched alkanes of at least 4 members (excludes halogenated alkanes) is 3. The summed E-state index contributed by atoms with van der Waals surface area (Å²) >= 11 is 0. The quantitative estimate of drug-likeness (QED) is 0.362. The molecule has 0 bridgehead atoms. The summed E-state index contributed by atoms with van der Waals surface area (Å²) < 4.78 is 4.92. The number of nitrogens with two attached hydrogens (primary N) is 1. The highest BCUT2D eigenvalue weighted by Gasteiger charge is 2.61. The molecular formula is C19H31N3O4. The van der Waals surface area contributed by atoms with Crippen LogP contribution < -0.4 is 11.1 Å². The molecule has 1 heterocycles. The lowest BCUT2D eigenvalue weighted by Gasteiger charge is -2.25. The lowest BCUT2D eigenvalue weighted by Crippen LogP contribution is -2.54. The summed E-state index contributed by atoms with van der Waals surface area (Å²) in [5, 5.41) is 2.87. The highest BCUT2D eigenvalue weighted by atomic mass is 16.5. The third kappa shape index (κ3) is 4.44. The number of carbonyl (C=O) groups excluding carboxylic acids is 3. The number of ether oxygens (including phenoxy) is 1. The summed E-state index contributed by atoms with van der Waals surface area (Å²) in [6.45, 7) is 2.57. The van der Waals surface area contributed by atoms with Crippen LogP contribution in [0.3, 0.4) is 0 Å². The molecule has 26 heavy (non-hydrogen) atoms. The van der Waals surface area contributed by atoms with Crippen LogP contribution in [0.2, 0.25) is 0 Å². The van der Waals surface area contributed by atoms with Crippen molar-refractivity contribution < 1.29 is 19.1 Å². The summed E-state index contributed by atoms with van der Waals surface area (Å²) in [7, 11) is 1.33.